The predicted octanol–water partition coefficient (Wildman–Crippen LogP) is 2.83. The molecule has 0 radical (unpaired) electrons. The number of pyridine rings is 1. The summed E-state index contributed by atoms with van der Waals surface area (Å²) in [5, 5.41) is 0. The molecule has 0 amide bonds. The zero-order chi connectivity index (χ0) is 13.1. The molecule has 0 spiro atoms. The van der Waals surface area contributed by atoms with Gasteiger partial charge in [0.1, 0.15) is 5.75 Å². The Kier molecular flexibility index (Phi) is 3.63. The van der Waals surface area contributed by atoms with Crippen molar-refractivity contribution in [3.63, 3.8) is 0 Å². The Bertz CT molecular complexity index is 564. The SMILES string of the molecule is COc1c(C)cc(C)cc1-c1ccncc1CN. The molecule has 3 nitrogen and oxygen atoms in total. The maximum atomic E-state index is 5.77. The molecule has 0 aliphatic carbocycles. The van der Waals surface area contributed by atoms with Crippen LogP contribution < -0.4 is 10.5 Å². The highest BCUT2D eigenvalue weighted by Crippen LogP contribution is 2.35. The first-order chi connectivity index (χ1) is 8.67. The average molecular weight is 242 g/mol. The number of aryl methyl sites for hydroxylation is 2. The van der Waals surface area contributed by atoms with Crippen LogP contribution in [0.4, 0.5) is 0 Å². The van der Waals surface area contributed by atoms with Gasteiger partial charge >= 0.3 is 0 Å². The smallest absolute Gasteiger partial charge is 0.129 e. The van der Waals surface area contributed by atoms with Crippen LogP contribution in [0.1, 0.15) is 16.7 Å². The van der Waals surface area contributed by atoms with E-state index >= 15 is 0 Å². The van der Waals surface area contributed by atoms with Crippen molar-refractivity contribution < 1.29 is 4.74 Å². The van der Waals surface area contributed by atoms with Crippen LogP contribution in [0.25, 0.3) is 11.1 Å². The lowest BCUT2D eigenvalue weighted by Gasteiger charge is -2.15. The summed E-state index contributed by atoms with van der Waals surface area (Å²) in [6, 6.07) is 6.23. The topological polar surface area (TPSA) is 48.1 Å². The van der Waals surface area contributed by atoms with Crippen molar-refractivity contribution in [1.29, 1.82) is 0 Å². The number of hydrogen-bond donors (Lipinski definition) is 1. The van der Waals surface area contributed by atoms with Gasteiger partial charge in [0.2, 0.25) is 0 Å². The van der Waals surface area contributed by atoms with Crippen LogP contribution in [-0.2, 0) is 6.54 Å². The molecule has 2 rings (SSSR count). The predicted molar refractivity (Wildman–Crippen MR) is 73.6 cm³/mol. The second-order valence-corrected chi connectivity index (χ2v) is 4.40. The number of nitrogens with two attached hydrogens (primary N) is 1. The number of nitrogens with zero attached hydrogens (tertiary/aromatic N) is 1. The van der Waals surface area contributed by atoms with Gasteiger partial charge in [-0.2, -0.15) is 0 Å². The van der Waals surface area contributed by atoms with E-state index < -0.39 is 0 Å². The van der Waals surface area contributed by atoms with E-state index in [1.165, 1.54) is 5.56 Å². The summed E-state index contributed by atoms with van der Waals surface area (Å²) in [5.41, 5.74) is 11.3. The van der Waals surface area contributed by atoms with E-state index in [0.29, 0.717) is 6.54 Å². The third kappa shape index (κ3) is 2.22. The summed E-state index contributed by atoms with van der Waals surface area (Å²) in [6.45, 7) is 4.61. The van der Waals surface area contributed by atoms with E-state index in [2.05, 4.69) is 31.0 Å². The van der Waals surface area contributed by atoms with Crippen LogP contribution in [0, 0.1) is 13.8 Å². The van der Waals surface area contributed by atoms with E-state index in [4.69, 9.17) is 10.5 Å². The van der Waals surface area contributed by atoms with Crippen LogP contribution in [0.5, 0.6) is 5.75 Å². The maximum absolute atomic E-state index is 5.77. The molecule has 0 saturated carbocycles. The van der Waals surface area contributed by atoms with E-state index in [-0.39, 0.29) is 0 Å². The highest BCUT2D eigenvalue weighted by molar-refractivity contribution is 5.75. The number of ether oxygens (including phenoxy) is 1. The summed E-state index contributed by atoms with van der Waals surface area (Å²) in [4.78, 5) is 4.12. The quantitative estimate of drug-likeness (QED) is 0.900. The molecule has 0 bridgehead atoms. The van der Waals surface area contributed by atoms with E-state index in [1.54, 1.807) is 13.3 Å². The molecule has 0 fully saturated rings. The lowest BCUT2D eigenvalue weighted by Crippen LogP contribution is -2.01. The number of hydrogen-bond acceptors (Lipinski definition) is 3. The third-order valence-electron chi connectivity index (χ3n) is 3.04. The van der Waals surface area contributed by atoms with Crippen molar-refractivity contribution in [2.45, 2.75) is 20.4 Å². The minimum absolute atomic E-state index is 0.472. The maximum Gasteiger partial charge on any atom is 0.129 e. The second-order valence-electron chi connectivity index (χ2n) is 4.40. The molecule has 1 aromatic carbocycles. The van der Waals surface area contributed by atoms with Gasteiger partial charge in [0.15, 0.2) is 0 Å². The van der Waals surface area contributed by atoms with Crippen molar-refractivity contribution >= 4 is 0 Å². The molecule has 3 heteroatoms. The fourth-order valence-electron chi connectivity index (χ4n) is 2.28. The summed E-state index contributed by atoms with van der Waals surface area (Å²) >= 11 is 0. The molecule has 2 aromatic rings. The van der Waals surface area contributed by atoms with E-state index in [0.717, 1.165) is 28.0 Å². The van der Waals surface area contributed by atoms with Crippen LogP contribution in [0.15, 0.2) is 30.6 Å². The van der Waals surface area contributed by atoms with Gasteiger partial charge in [0.05, 0.1) is 7.11 Å². The Labute approximate surface area is 108 Å². The van der Waals surface area contributed by atoms with Crippen LogP contribution in [0.3, 0.4) is 0 Å². The van der Waals surface area contributed by atoms with Gasteiger partial charge in [-0.1, -0.05) is 6.07 Å². The Morgan fingerprint density at radius 3 is 2.67 bits per heavy atom. The first-order valence-corrected chi connectivity index (χ1v) is 5.96. The van der Waals surface area contributed by atoms with Crippen LogP contribution >= 0.6 is 0 Å². The van der Waals surface area contributed by atoms with Crippen molar-refractivity contribution in [3.8, 4) is 16.9 Å². The Balaban J connectivity index is 2.70. The molecule has 0 aliphatic heterocycles. The highest BCUT2D eigenvalue weighted by Gasteiger charge is 2.12. The van der Waals surface area contributed by atoms with Gasteiger partial charge in [-0.05, 0) is 48.2 Å². The molecule has 1 heterocycles. The van der Waals surface area contributed by atoms with E-state index in [9.17, 15) is 0 Å². The number of benzene rings is 1. The molecular formula is C15H18N2O. The molecule has 2 N–H and O–H groups in total. The summed E-state index contributed by atoms with van der Waals surface area (Å²) < 4.78 is 5.52. The highest BCUT2D eigenvalue weighted by atomic mass is 16.5. The fraction of sp³-hybridized carbons (Fsp3) is 0.267. The Morgan fingerprint density at radius 2 is 2.00 bits per heavy atom. The molecule has 1 aromatic heterocycles. The first kappa shape index (κ1) is 12.6. The lowest BCUT2D eigenvalue weighted by atomic mass is 9.96. The van der Waals surface area contributed by atoms with Crippen LogP contribution in [-0.4, -0.2) is 12.1 Å². The van der Waals surface area contributed by atoms with Crippen molar-refractivity contribution in [1.82, 2.24) is 4.98 Å². The number of rotatable bonds is 3. The number of methoxy groups -OCH3 is 1. The fourth-order valence-corrected chi connectivity index (χ4v) is 2.28. The monoisotopic (exact) mass is 242 g/mol. The van der Waals surface area contributed by atoms with Crippen LogP contribution in [0.2, 0.25) is 0 Å². The van der Waals surface area contributed by atoms with Crippen molar-refractivity contribution in [3.05, 3.63) is 47.3 Å². The van der Waals surface area contributed by atoms with Gasteiger partial charge in [-0.15, -0.1) is 0 Å². The molecule has 0 atom stereocenters. The zero-order valence-corrected chi connectivity index (χ0v) is 11.0. The van der Waals surface area contributed by atoms with Gasteiger partial charge in [0.25, 0.3) is 0 Å². The molecular weight excluding hydrogens is 224 g/mol. The molecule has 94 valence electrons. The summed E-state index contributed by atoms with van der Waals surface area (Å²) in [5.74, 6) is 0.904. The first-order valence-electron chi connectivity index (χ1n) is 5.96. The molecule has 0 aliphatic rings. The normalized spacial score (nSPS) is 10.4. The van der Waals surface area contributed by atoms with Gasteiger partial charge in [-0.3, -0.25) is 4.98 Å². The summed E-state index contributed by atoms with van der Waals surface area (Å²) in [6.07, 6.45) is 3.60. The van der Waals surface area contributed by atoms with Gasteiger partial charge in [-0.25, -0.2) is 0 Å². The Hall–Kier alpha value is -1.87. The summed E-state index contributed by atoms with van der Waals surface area (Å²) in [7, 11) is 1.70. The standard InChI is InChI=1S/C15H18N2O/c1-10-6-11(2)15(18-3)14(7-10)13-4-5-17-9-12(13)8-16/h4-7,9H,8,16H2,1-3H3. The Morgan fingerprint density at radius 1 is 1.22 bits per heavy atom. The minimum Gasteiger partial charge on any atom is -0.496 e. The lowest BCUT2D eigenvalue weighted by molar-refractivity contribution is 0.413. The third-order valence-corrected chi connectivity index (χ3v) is 3.04. The molecule has 0 unspecified atom stereocenters. The van der Waals surface area contributed by atoms with Gasteiger partial charge < -0.3 is 10.5 Å². The zero-order valence-electron chi connectivity index (χ0n) is 11.0. The average Bonchev–Trinajstić information content (AvgIpc) is 2.38. The second kappa shape index (κ2) is 5.19. The van der Waals surface area contributed by atoms with Crippen molar-refractivity contribution in [2.75, 3.05) is 7.11 Å². The molecule has 18 heavy (non-hydrogen) atoms. The minimum atomic E-state index is 0.472. The molecule has 0 saturated heterocycles. The largest absolute Gasteiger partial charge is 0.496 e. The van der Waals surface area contributed by atoms with Crippen molar-refractivity contribution in [2.24, 2.45) is 5.73 Å². The number of aromatic nitrogens is 1. The van der Waals surface area contributed by atoms with Gasteiger partial charge in [0, 0.05) is 24.5 Å². The van der Waals surface area contributed by atoms with E-state index in [1.807, 2.05) is 12.3 Å².